The lowest BCUT2D eigenvalue weighted by Crippen LogP contribution is -2.48. The third kappa shape index (κ3) is 2.37. The minimum Gasteiger partial charge on any atom is -0.398 e. The Balaban J connectivity index is 1.92. The van der Waals surface area contributed by atoms with Gasteiger partial charge in [0.2, 0.25) is 5.91 Å². The molecule has 0 spiro atoms. The first-order valence-corrected chi connectivity index (χ1v) is 8.63. The van der Waals surface area contributed by atoms with Crippen molar-refractivity contribution in [1.29, 1.82) is 0 Å². The number of allylic oxidation sites excluding steroid dienone is 1. The smallest absolute Gasteiger partial charge is 0.217 e. The fourth-order valence-electron chi connectivity index (χ4n) is 4.28. The van der Waals surface area contributed by atoms with E-state index in [4.69, 9.17) is 22.3 Å². The van der Waals surface area contributed by atoms with Crippen LogP contribution in [0.1, 0.15) is 37.4 Å². The number of pyridine rings is 1. The molecule has 0 fully saturated rings. The molecule has 4 nitrogen and oxygen atoms in total. The van der Waals surface area contributed by atoms with E-state index in [1.165, 1.54) is 5.57 Å². The summed E-state index contributed by atoms with van der Waals surface area (Å²) < 4.78 is 0. The predicted molar refractivity (Wildman–Crippen MR) is 97.1 cm³/mol. The van der Waals surface area contributed by atoms with E-state index >= 15 is 0 Å². The second kappa shape index (κ2) is 5.49. The molecule has 4 rings (SSSR count). The average molecular weight is 342 g/mol. The number of anilines is 1. The van der Waals surface area contributed by atoms with Gasteiger partial charge in [-0.3, -0.25) is 9.78 Å². The summed E-state index contributed by atoms with van der Waals surface area (Å²) in [5.41, 5.74) is 11.6. The lowest BCUT2D eigenvalue weighted by atomic mass is 9.68. The molecule has 1 aromatic carbocycles. The van der Waals surface area contributed by atoms with Crippen LogP contribution < -0.4 is 11.1 Å². The van der Waals surface area contributed by atoms with Crippen molar-refractivity contribution in [2.24, 2.45) is 5.92 Å². The van der Waals surface area contributed by atoms with E-state index in [0.717, 1.165) is 40.7 Å². The van der Waals surface area contributed by atoms with Gasteiger partial charge < -0.3 is 11.1 Å². The molecule has 0 saturated carbocycles. The molecule has 0 aliphatic heterocycles. The summed E-state index contributed by atoms with van der Waals surface area (Å²) in [5.74, 6) is 0.440. The maximum Gasteiger partial charge on any atom is 0.217 e. The van der Waals surface area contributed by atoms with E-state index < -0.39 is 0 Å². The zero-order chi connectivity index (χ0) is 17.0. The number of nitrogen functional groups attached to an aromatic ring is 1. The van der Waals surface area contributed by atoms with Gasteiger partial charge in [-0.2, -0.15) is 0 Å². The first-order chi connectivity index (χ1) is 11.4. The van der Waals surface area contributed by atoms with Crippen molar-refractivity contribution in [3.05, 3.63) is 46.1 Å². The molecule has 0 radical (unpaired) electrons. The van der Waals surface area contributed by atoms with Crippen molar-refractivity contribution in [1.82, 2.24) is 10.3 Å². The van der Waals surface area contributed by atoms with E-state index in [0.29, 0.717) is 5.02 Å². The summed E-state index contributed by atoms with van der Waals surface area (Å²) in [7, 11) is 0. The van der Waals surface area contributed by atoms with E-state index in [1.54, 1.807) is 6.92 Å². The SMILES string of the molecule is CC(=O)N[C@H]1[C@@H]2C=C(C)C[C@H]1c1nc3cc(Cl)ccc3c(N)c1C2. The number of hydrogen-bond donors (Lipinski definition) is 2. The lowest BCUT2D eigenvalue weighted by Gasteiger charge is -2.42. The normalized spacial score (nSPS) is 25.1. The van der Waals surface area contributed by atoms with Crippen molar-refractivity contribution >= 4 is 34.1 Å². The quantitative estimate of drug-likeness (QED) is 0.779. The molecule has 2 aromatic rings. The number of aromatic nitrogens is 1. The number of nitrogens with one attached hydrogen (secondary N) is 1. The molecule has 3 N–H and O–H groups in total. The lowest BCUT2D eigenvalue weighted by molar-refractivity contribution is -0.120. The van der Waals surface area contributed by atoms with Crippen molar-refractivity contribution in [2.45, 2.75) is 38.6 Å². The van der Waals surface area contributed by atoms with Crippen LogP contribution in [0.3, 0.4) is 0 Å². The topological polar surface area (TPSA) is 68.0 Å². The number of carbonyl (C=O) groups excluding carboxylic acids is 1. The summed E-state index contributed by atoms with van der Waals surface area (Å²) in [5, 5.41) is 4.74. The van der Waals surface area contributed by atoms with Gasteiger partial charge in [-0.05, 0) is 43.5 Å². The number of amides is 1. The van der Waals surface area contributed by atoms with Gasteiger partial charge in [0.25, 0.3) is 0 Å². The van der Waals surface area contributed by atoms with Gasteiger partial charge in [0, 0.05) is 40.9 Å². The van der Waals surface area contributed by atoms with Crippen LogP contribution in [0.4, 0.5) is 5.69 Å². The number of fused-ring (bicyclic) bond motifs is 5. The fourth-order valence-corrected chi connectivity index (χ4v) is 4.45. The van der Waals surface area contributed by atoms with Crippen LogP contribution in [-0.2, 0) is 11.2 Å². The van der Waals surface area contributed by atoms with Crippen molar-refractivity contribution < 1.29 is 4.79 Å². The van der Waals surface area contributed by atoms with Crippen LogP contribution in [0.2, 0.25) is 5.02 Å². The fraction of sp³-hybridized carbons (Fsp3) is 0.368. The highest BCUT2D eigenvalue weighted by Crippen LogP contribution is 2.45. The average Bonchev–Trinajstić information content (AvgIpc) is 2.49. The van der Waals surface area contributed by atoms with Crippen LogP contribution in [0.15, 0.2) is 29.8 Å². The Morgan fingerprint density at radius 3 is 2.92 bits per heavy atom. The summed E-state index contributed by atoms with van der Waals surface area (Å²) in [4.78, 5) is 16.6. The molecule has 2 bridgehead atoms. The molecule has 2 aliphatic carbocycles. The van der Waals surface area contributed by atoms with E-state index in [-0.39, 0.29) is 23.8 Å². The van der Waals surface area contributed by atoms with Crippen molar-refractivity contribution in [3.8, 4) is 0 Å². The Labute approximate surface area is 146 Å². The molecule has 124 valence electrons. The highest BCUT2D eigenvalue weighted by molar-refractivity contribution is 6.31. The van der Waals surface area contributed by atoms with Crippen LogP contribution in [0.25, 0.3) is 10.9 Å². The standard InChI is InChI=1S/C19H20ClN3O/c1-9-5-11-7-14-17(21)13-4-3-12(20)8-16(13)23-19(14)15(6-9)18(11)22-10(2)24/h3-5,8,11,15,18H,6-7H2,1-2H3,(H2,21,23)(H,22,24)/t11-,15-,18+/m1/s1. The third-order valence-electron chi connectivity index (χ3n) is 5.22. The molecule has 5 heteroatoms. The van der Waals surface area contributed by atoms with Crippen LogP contribution >= 0.6 is 11.6 Å². The largest absolute Gasteiger partial charge is 0.398 e. The van der Waals surface area contributed by atoms with Gasteiger partial charge in [0.1, 0.15) is 0 Å². The zero-order valence-electron chi connectivity index (χ0n) is 13.8. The zero-order valence-corrected chi connectivity index (χ0v) is 14.5. The summed E-state index contributed by atoms with van der Waals surface area (Å²) >= 11 is 6.13. The highest BCUT2D eigenvalue weighted by Gasteiger charge is 2.41. The molecule has 3 atom stereocenters. The molecule has 24 heavy (non-hydrogen) atoms. The first-order valence-electron chi connectivity index (χ1n) is 8.26. The summed E-state index contributed by atoms with van der Waals surface area (Å²) in [6.45, 7) is 3.72. The number of benzene rings is 1. The molecule has 0 unspecified atom stereocenters. The van der Waals surface area contributed by atoms with Gasteiger partial charge >= 0.3 is 0 Å². The van der Waals surface area contributed by atoms with Gasteiger partial charge in [-0.25, -0.2) is 0 Å². The van der Waals surface area contributed by atoms with Gasteiger partial charge in [0.15, 0.2) is 0 Å². The minimum atomic E-state index is 0.00297. The maximum absolute atomic E-state index is 11.7. The van der Waals surface area contributed by atoms with Gasteiger partial charge in [-0.1, -0.05) is 23.3 Å². The molecule has 2 aliphatic rings. The number of carbonyl (C=O) groups is 1. The number of rotatable bonds is 1. The second-order valence-corrected chi connectivity index (χ2v) is 7.41. The van der Waals surface area contributed by atoms with E-state index in [9.17, 15) is 4.79 Å². The predicted octanol–water partition coefficient (Wildman–Crippen LogP) is 3.58. The molecule has 0 saturated heterocycles. The van der Waals surface area contributed by atoms with Crippen LogP contribution in [0, 0.1) is 5.92 Å². The Kier molecular flexibility index (Phi) is 3.53. The van der Waals surface area contributed by atoms with Gasteiger partial charge in [0.05, 0.1) is 11.2 Å². The molecule has 1 amide bonds. The maximum atomic E-state index is 11.7. The number of nitrogens with zero attached hydrogens (tertiary/aromatic N) is 1. The minimum absolute atomic E-state index is 0.00297. The molecular weight excluding hydrogens is 322 g/mol. The highest BCUT2D eigenvalue weighted by atomic mass is 35.5. The Hall–Kier alpha value is -2.07. The summed E-state index contributed by atoms with van der Waals surface area (Å²) in [6.07, 6.45) is 3.99. The van der Waals surface area contributed by atoms with Crippen molar-refractivity contribution in [3.63, 3.8) is 0 Å². The number of halogens is 1. The first kappa shape index (κ1) is 15.5. The van der Waals surface area contributed by atoms with Crippen LogP contribution in [0.5, 0.6) is 0 Å². The van der Waals surface area contributed by atoms with Crippen molar-refractivity contribution in [2.75, 3.05) is 5.73 Å². The Morgan fingerprint density at radius 2 is 2.17 bits per heavy atom. The molecular formula is C19H20ClN3O. The van der Waals surface area contributed by atoms with Crippen LogP contribution in [-0.4, -0.2) is 16.9 Å². The van der Waals surface area contributed by atoms with E-state index in [1.807, 2.05) is 18.2 Å². The monoisotopic (exact) mass is 341 g/mol. The van der Waals surface area contributed by atoms with E-state index in [2.05, 4.69) is 18.3 Å². The Bertz CT molecular complexity index is 890. The molecule has 1 heterocycles. The summed E-state index contributed by atoms with van der Waals surface area (Å²) in [6, 6.07) is 5.74. The third-order valence-corrected chi connectivity index (χ3v) is 5.46. The number of hydrogen-bond acceptors (Lipinski definition) is 3. The van der Waals surface area contributed by atoms with Gasteiger partial charge in [-0.15, -0.1) is 0 Å². The molecule has 1 aromatic heterocycles. The second-order valence-electron chi connectivity index (χ2n) is 6.97. The number of nitrogens with two attached hydrogens (primary N) is 1. The Morgan fingerprint density at radius 1 is 1.38 bits per heavy atom.